The number of aromatic carboxylic acids is 2. The number of ether oxygens (including phenoxy) is 2. The number of rotatable bonds is 8. The Labute approximate surface area is 169 Å². The Kier molecular flexibility index (Phi) is 9.60. The van der Waals surface area contributed by atoms with Crippen molar-refractivity contribution in [2.24, 2.45) is 0 Å². The summed E-state index contributed by atoms with van der Waals surface area (Å²) in [6.45, 7) is 1.87. The van der Waals surface area contributed by atoms with Crippen LogP contribution in [0.5, 0.6) is 11.5 Å². The Morgan fingerprint density at radius 3 is 1.33 bits per heavy atom. The molecular formula is C20H20F4O6. The van der Waals surface area contributed by atoms with Crippen LogP contribution >= 0.6 is 0 Å². The van der Waals surface area contributed by atoms with E-state index in [1.807, 2.05) is 0 Å². The van der Waals surface area contributed by atoms with E-state index in [1.54, 1.807) is 13.8 Å². The number of hydrogen-bond donors (Lipinski definition) is 2. The van der Waals surface area contributed by atoms with Gasteiger partial charge in [-0.1, -0.05) is 0 Å². The van der Waals surface area contributed by atoms with E-state index in [9.17, 15) is 27.2 Å². The van der Waals surface area contributed by atoms with Gasteiger partial charge in [-0.15, -0.1) is 0 Å². The molecule has 164 valence electrons. The number of hydrogen-bond acceptors (Lipinski definition) is 4. The molecular weight excluding hydrogens is 412 g/mol. The van der Waals surface area contributed by atoms with Crippen LogP contribution in [0.25, 0.3) is 0 Å². The molecule has 0 saturated carbocycles. The lowest BCUT2D eigenvalue weighted by molar-refractivity contribution is 0.0683. The molecule has 2 aromatic carbocycles. The number of carboxylic acid groups (broad SMARTS) is 2. The summed E-state index contributed by atoms with van der Waals surface area (Å²) in [5, 5.41) is 17.4. The molecule has 10 heteroatoms. The van der Waals surface area contributed by atoms with Gasteiger partial charge in [-0.3, -0.25) is 0 Å². The zero-order chi connectivity index (χ0) is 22.8. The highest BCUT2D eigenvalue weighted by Gasteiger charge is 2.09. The van der Waals surface area contributed by atoms with Gasteiger partial charge in [-0.2, -0.15) is 0 Å². The molecule has 0 heterocycles. The molecule has 0 radical (unpaired) electrons. The molecule has 2 aromatic rings. The van der Waals surface area contributed by atoms with E-state index in [2.05, 4.69) is 0 Å². The molecule has 0 saturated heterocycles. The average Bonchev–Trinajstić information content (AvgIpc) is 2.64. The van der Waals surface area contributed by atoms with Crippen LogP contribution in [0.1, 0.15) is 31.8 Å². The molecule has 0 amide bonds. The highest BCUT2D eigenvalue weighted by Crippen LogP contribution is 2.18. The zero-order valence-corrected chi connectivity index (χ0v) is 16.1. The first-order valence-electron chi connectivity index (χ1n) is 8.49. The minimum Gasteiger partial charge on any atom is -0.488 e. The maximum absolute atomic E-state index is 11.8. The summed E-state index contributed by atoms with van der Waals surface area (Å²) in [5.74, 6) is -1.93. The van der Waals surface area contributed by atoms with Gasteiger partial charge in [0.2, 0.25) is 0 Å². The normalized spacial score (nSPS) is 10.4. The Bertz CT molecular complexity index is 799. The Morgan fingerprint density at radius 1 is 0.733 bits per heavy atom. The van der Waals surface area contributed by atoms with E-state index in [0.29, 0.717) is 11.1 Å². The van der Waals surface area contributed by atoms with Crippen molar-refractivity contribution < 1.29 is 46.8 Å². The van der Waals surface area contributed by atoms with E-state index < -0.39 is 38.0 Å². The SMILES string of the molecule is Cc1cc(OCC(F)F)cc(C(=O)O)c1.Cc1cc(OCC(F)F)cc(C(=O)O)c1. The summed E-state index contributed by atoms with van der Waals surface area (Å²) in [5.41, 5.74) is 1.36. The van der Waals surface area contributed by atoms with Crippen LogP contribution in [0.2, 0.25) is 0 Å². The van der Waals surface area contributed by atoms with Gasteiger partial charge in [0.1, 0.15) is 24.7 Å². The van der Waals surface area contributed by atoms with Crippen molar-refractivity contribution in [3.8, 4) is 11.5 Å². The third-order valence-electron chi connectivity index (χ3n) is 3.35. The molecule has 2 N–H and O–H groups in total. The summed E-state index contributed by atoms with van der Waals surface area (Å²) in [4.78, 5) is 21.3. The summed E-state index contributed by atoms with van der Waals surface area (Å²) in [6.07, 6.45) is -5.14. The summed E-state index contributed by atoms with van der Waals surface area (Å²) >= 11 is 0. The standard InChI is InChI=1S/2C10H10F2O3/c2*1-6-2-7(10(13)14)4-8(3-6)15-5-9(11)12/h2*2-4,9H,5H2,1H3,(H,13,14). The lowest BCUT2D eigenvalue weighted by Gasteiger charge is -2.07. The molecule has 30 heavy (non-hydrogen) atoms. The van der Waals surface area contributed by atoms with Crippen molar-refractivity contribution in [2.45, 2.75) is 26.7 Å². The van der Waals surface area contributed by atoms with E-state index >= 15 is 0 Å². The van der Waals surface area contributed by atoms with E-state index in [4.69, 9.17) is 19.7 Å². The summed E-state index contributed by atoms with van der Waals surface area (Å²) < 4.78 is 56.8. The minimum absolute atomic E-state index is 0.0271. The van der Waals surface area contributed by atoms with Gasteiger partial charge >= 0.3 is 11.9 Å². The first-order chi connectivity index (χ1) is 14.0. The summed E-state index contributed by atoms with van der Waals surface area (Å²) in [6, 6.07) is 8.34. The third kappa shape index (κ3) is 9.26. The van der Waals surface area contributed by atoms with Gasteiger partial charge in [0.25, 0.3) is 12.9 Å². The summed E-state index contributed by atoms with van der Waals surface area (Å²) in [7, 11) is 0. The van der Waals surface area contributed by atoms with Crippen molar-refractivity contribution >= 4 is 11.9 Å². The molecule has 6 nitrogen and oxygen atoms in total. The van der Waals surface area contributed by atoms with E-state index in [1.165, 1.54) is 36.4 Å². The second-order valence-corrected chi connectivity index (χ2v) is 6.08. The topological polar surface area (TPSA) is 93.1 Å². The first kappa shape index (κ1) is 24.7. The number of carbonyl (C=O) groups is 2. The smallest absolute Gasteiger partial charge is 0.335 e. The van der Waals surface area contributed by atoms with Crippen molar-refractivity contribution in [2.75, 3.05) is 13.2 Å². The van der Waals surface area contributed by atoms with Crippen LogP contribution in [0.3, 0.4) is 0 Å². The average molecular weight is 432 g/mol. The number of benzene rings is 2. The highest BCUT2D eigenvalue weighted by atomic mass is 19.3. The van der Waals surface area contributed by atoms with Crippen LogP contribution in [0.15, 0.2) is 36.4 Å². The maximum Gasteiger partial charge on any atom is 0.335 e. The van der Waals surface area contributed by atoms with Crippen LogP contribution in [0, 0.1) is 13.8 Å². The van der Waals surface area contributed by atoms with Crippen LogP contribution in [-0.4, -0.2) is 48.2 Å². The van der Waals surface area contributed by atoms with Crippen LogP contribution in [-0.2, 0) is 0 Å². The van der Waals surface area contributed by atoms with Gasteiger partial charge in [-0.05, 0) is 61.4 Å². The lowest BCUT2D eigenvalue weighted by Crippen LogP contribution is -2.08. The Hall–Kier alpha value is -3.30. The lowest BCUT2D eigenvalue weighted by atomic mass is 10.1. The monoisotopic (exact) mass is 432 g/mol. The van der Waals surface area contributed by atoms with Gasteiger partial charge in [-0.25, -0.2) is 27.2 Å². The molecule has 2 rings (SSSR count). The zero-order valence-electron chi connectivity index (χ0n) is 16.1. The first-order valence-corrected chi connectivity index (χ1v) is 8.49. The Morgan fingerprint density at radius 2 is 1.07 bits per heavy atom. The maximum atomic E-state index is 11.8. The molecule has 0 atom stereocenters. The van der Waals surface area contributed by atoms with Crippen molar-refractivity contribution in [3.63, 3.8) is 0 Å². The van der Waals surface area contributed by atoms with Crippen molar-refractivity contribution in [1.29, 1.82) is 0 Å². The fraction of sp³-hybridized carbons (Fsp3) is 0.300. The molecule has 0 aliphatic carbocycles. The van der Waals surface area contributed by atoms with Gasteiger partial charge in [0, 0.05) is 0 Å². The molecule has 0 aliphatic heterocycles. The van der Waals surface area contributed by atoms with Crippen LogP contribution in [0.4, 0.5) is 17.6 Å². The van der Waals surface area contributed by atoms with E-state index in [-0.39, 0.29) is 22.6 Å². The van der Waals surface area contributed by atoms with Crippen molar-refractivity contribution in [3.05, 3.63) is 58.7 Å². The quantitative estimate of drug-likeness (QED) is 0.589. The van der Waals surface area contributed by atoms with Crippen LogP contribution < -0.4 is 9.47 Å². The molecule has 0 aromatic heterocycles. The molecule has 0 aliphatic rings. The molecule has 0 bridgehead atoms. The molecule has 0 unspecified atom stereocenters. The fourth-order valence-electron chi connectivity index (χ4n) is 2.23. The van der Waals surface area contributed by atoms with E-state index in [0.717, 1.165) is 0 Å². The third-order valence-corrected chi connectivity index (χ3v) is 3.35. The number of alkyl halides is 4. The largest absolute Gasteiger partial charge is 0.488 e. The second kappa shape index (κ2) is 11.6. The van der Waals surface area contributed by atoms with Gasteiger partial charge in [0.05, 0.1) is 11.1 Å². The highest BCUT2D eigenvalue weighted by molar-refractivity contribution is 5.88. The van der Waals surface area contributed by atoms with Crippen molar-refractivity contribution in [1.82, 2.24) is 0 Å². The van der Waals surface area contributed by atoms with Gasteiger partial charge in [0.15, 0.2) is 0 Å². The molecule has 0 fully saturated rings. The predicted octanol–water partition coefficient (Wildman–Crippen LogP) is 4.67. The predicted molar refractivity (Wildman–Crippen MR) is 99.3 cm³/mol. The Balaban J connectivity index is 0.000000300. The minimum atomic E-state index is -2.57. The van der Waals surface area contributed by atoms with Gasteiger partial charge < -0.3 is 19.7 Å². The fourth-order valence-corrected chi connectivity index (χ4v) is 2.23. The number of aryl methyl sites for hydroxylation is 2. The second-order valence-electron chi connectivity index (χ2n) is 6.08. The number of halogens is 4. The molecule has 0 spiro atoms. The number of carboxylic acids is 2.